The number of ether oxygens (including phenoxy) is 1. The Morgan fingerprint density at radius 3 is 2.90 bits per heavy atom. The Balaban J connectivity index is 1.40. The largest absolute Gasteiger partial charge is 0.375 e. The third-order valence-electron chi connectivity index (χ3n) is 5.55. The summed E-state index contributed by atoms with van der Waals surface area (Å²) >= 11 is 5.99. The molecule has 160 valence electrons. The Kier molecular flexibility index (Phi) is 8.62. The first-order valence-corrected chi connectivity index (χ1v) is 11.2. The van der Waals surface area contributed by atoms with Crippen molar-refractivity contribution in [1.82, 2.24) is 15.5 Å². The summed E-state index contributed by atoms with van der Waals surface area (Å²) < 4.78 is 5.70. The number of likely N-dealkylation sites (tertiary alicyclic amines) is 1. The highest BCUT2D eigenvalue weighted by atomic mass is 35.5. The van der Waals surface area contributed by atoms with Crippen LogP contribution in [0.25, 0.3) is 0 Å². The standard InChI is InChI=1S/C22H33ClN4O2/c1-2-24-22(25-11-13-29-16-17-6-5-9-19(23)14-17)26-20-10-12-27(15-20)21(28)18-7-3-4-8-18/h5-6,9,14,18,20H,2-4,7-8,10-13,15-16H2,1H3,(H2,24,25,26). The number of benzene rings is 1. The van der Waals surface area contributed by atoms with Gasteiger partial charge in [0.1, 0.15) is 0 Å². The number of nitrogens with zero attached hydrogens (tertiary/aromatic N) is 2. The van der Waals surface area contributed by atoms with Crippen molar-refractivity contribution in [2.75, 3.05) is 32.8 Å². The van der Waals surface area contributed by atoms with Gasteiger partial charge in [-0.2, -0.15) is 0 Å². The molecule has 1 saturated heterocycles. The summed E-state index contributed by atoms with van der Waals surface area (Å²) in [5, 5.41) is 7.49. The van der Waals surface area contributed by atoms with Gasteiger partial charge in [0.2, 0.25) is 5.91 Å². The summed E-state index contributed by atoms with van der Waals surface area (Å²) in [6.45, 7) is 6.11. The van der Waals surface area contributed by atoms with E-state index in [4.69, 9.17) is 16.3 Å². The minimum absolute atomic E-state index is 0.255. The van der Waals surface area contributed by atoms with Crippen LogP contribution in [0.5, 0.6) is 0 Å². The average Bonchev–Trinajstić information content (AvgIpc) is 3.40. The molecule has 1 aromatic rings. The number of hydrogen-bond donors (Lipinski definition) is 2. The van der Waals surface area contributed by atoms with Crippen LogP contribution in [0, 0.1) is 5.92 Å². The third kappa shape index (κ3) is 6.89. The van der Waals surface area contributed by atoms with Crippen molar-refractivity contribution >= 4 is 23.5 Å². The molecule has 29 heavy (non-hydrogen) atoms. The number of amides is 1. The van der Waals surface area contributed by atoms with Gasteiger partial charge < -0.3 is 20.3 Å². The number of halogens is 1. The van der Waals surface area contributed by atoms with Crippen molar-refractivity contribution in [3.05, 3.63) is 34.9 Å². The normalized spacial score (nSPS) is 20.3. The Morgan fingerprint density at radius 2 is 2.14 bits per heavy atom. The molecule has 1 aromatic carbocycles. The van der Waals surface area contributed by atoms with Gasteiger partial charge >= 0.3 is 0 Å². The SMILES string of the molecule is CCNC(=NCCOCc1cccc(Cl)c1)NC1CCN(C(=O)C2CCCC2)C1. The number of rotatable bonds is 8. The highest BCUT2D eigenvalue weighted by molar-refractivity contribution is 6.30. The Morgan fingerprint density at radius 1 is 1.31 bits per heavy atom. The molecule has 1 aliphatic carbocycles. The Bertz CT molecular complexity index is 691. The first-order chi connectivity index (χ1) is 14.2. The van der Waals surface area contributed by atoms with Gasteiger partial charge in [0, 0.05) is 36.6 Å². The molecule has 0 bridgehead atoms. The van der Waals surface area contributed by atoms with E-state index >= 15 is 0 Å². The summed E-state index contributed by atoms with van der Waals surface area (Å²) in [4.78, 5) is 19.3. The summed E-state index contributed by atoms with van der Waals surface area (Å²) in [6.07, 6.45) is 5.48. The van der Waals surface area contributed by atoms with Crippen LogP contribution in [0.15, 0.2) is 29.3 Å². The topological polar surface area (TPSA) is 66.0 Å². The second-order valence-electron chi connectivity index (χ2n) is 7.84. The molecule has 0 spiro atoms. The van der Waals surface area contributed by atoms with Gasteiger partial charge in [-0.3, -0.25) is 9.79 Å². The van der Waals surface area contributed by atoms with E-state index in [2.05, 4.69) is 22.5 Å². The van der Waals surface area contributed by atoms with E-state index in [0.29, 0.717) is 25.7 Å². The molecule has 0 radical (unpaired) electrons. The van der Waals surface area contributed by atoms with Crippen molar-refractivity contribution < 1.29 is 9.53 Å². The molecule has 2 aliphatic rings. The van der Waals surface area contributed by atoms with E-state index in [0.717, 1.165) is 55.4 Å². The van der Waals surface area contributed by atoms with Crippen molar-refractivity contribution in [2.24, 2.45) is 10.9 Å². The van der Waals surface area contributed by atoms with Crippen molar-refractivity contribution in [1.29, 1.82) is 0 Å². The van der Waals surface area contributed by atoms with E-state index in [1.54, 1.807) is 0 Å². The molecular formula is C22H33ClN4O2. The molecule has 1 saturated carbocycles. The van der Waals surface area contributed by atoms with Crippen molar-refractivity contribution in [2.45, 2.75) is 51.7 Å². The number of aliphatic imine (C=N–C) groups is 1. The average molecular weight is 421 g/mol. The number of guanidine groups is 1. The molecule has 2 fully saturated rings. The van der Waals surface area contributed by atoms with Crippen LogP contribution in [0.1, 0.15) is 44.6 Å². The van der Waals surface area contributed by atoms with E-state index < -0.39 is 0 Å². The molecule has 2 N–H and O–H groups in total. The zero-order chi connectivity index (χ0) is 20.5. The third-order valence-corrected chi connectivity index (χ3v) is 5.79. The zero-order valence-corrected chi connectivity index (χ0v) is 18.1. The van der Waals surface area contributed by atoms with Crippen LogP contribution in [-0.2, 0) is 16.1 Å². The number of carbonyl (C=O) groups is 1. The van der Waals surface area contributed by atoms with Gasteiger partial charge in [0.05, 0.1) is 19.8 Å². The van der Waals surface area contributed by atoms with E-state index in [-0.39, 0.29) is 12.0 Å². The molecule has 3 rings (SSSR count). The fourth-order valence-corrected chi connectivity index (χ4v) is 4.27. The number of nitrogens with one attached hydrogen (secondary N) is 2. The van der Waals surface area contributed by atoms with E-state index in [1.165, 1.54) is 12.8 Å². The minimum atomic E-state index is 0.255. The summed E-state index contributed by atoms with van der Waals surface area (Å²) in [5.74, 6) is 1.40. The lowest BCUT2D eigenvalue weighted by Gasteiger charge is -2.21. The quantitative estimate of drug-likeness (QED) is 0.385. The fraction of sp³-hybridized carbons (Fsp3) is 0.636. The molecular weight excluding hydrogens is 388 g/mol. The second kappa shape index (κ2) is 11.4. The molecule has 7 heteroatoms. The number of carbonyl (C=O) groups excluding carboxylic acids is 1. The summed E-state index contributed by atoms with van der Waals surface area (Å²) in [7, 11) is 0. The lowest BCUT2D eigenvalue weighted by Crippen LogP contribution is -2.45. The highest BCUT2D eigenvalue weighted by Crippen LogP contribution is 2.27. The summed E-state index contributed by atoms with van der Waals surface area (Å²) in [6, 6.07) is 7.95. The fourth-order valence-electron chi connectivity index (χ4n) is 4.06. The predicted molar refractivity (Wildman–Crippen MR) is 117 cm³/mol. The molecule has 1 aliphatic heterocycles. The molecule has 1 amide bonds. The first-order valence-electron chi connectivity index (χ1n) is 10.8. The van der Waals surface area contributed by atoms with Crippen molar-refractivity contribution in [3.8, 4) is 0 Å². The molecule has 0 aromatic heterocycles. The van der Waals surface area contributed by atoms with Gasteiger partial charge in [-0.25, -0.2) is 0 Å². The second-order valence-corrected chi connectivity index (χ2v) is 8.28. The van der Waals surface area contributed by atoms with Crippen LogP contribution in [0.3, 0.4) is 0 Å². The monoisotopic (exact) mass is 420 g/mol. The summed E-state index contributed by atoms with van der Waals surface area (Å²) in [5.41, 5.74) is 1.06. The smallest absolute Gasteiger partial charge is 0.225 e. The van der Waals surface area contributed by atoms with Gasteiger partial charge in [-0.1, -0.05) is 36.6 Å². The maximum atomic E-state index is 12.6. The Labute approximate surface area is 179 Å². The highest BCUT2D eigenvalue weighted by Gasteiger charge is 2.32. The van der Waals surface area contributed by atoms with E-state index in [1.807, 2.05) is 29.2 Å². The van der Waals surface area contributed by atoms with Crippen LogP contribution >= 0.6 is 11.6 Å². The van der Waals surface area contributed by atoms with E-state index in [9.17, 15) is 4.79 Å². The van der Waals surface area contributed by atoms with Crippen LogP contribution in [0.2, 0.25) is 5.02 Å². The molecule has 1 heterocycles. The van der Waals surface area contributed by atoms with Gasteiger partial charge in [0.15, 0.2) is 5.96 Å². The molecule has 1 atom stereocenters. The van der Waals surface area contributed by atoms with Gasteiger partial charge in [-0.15, -0.1) is 0 Å². The zero-order valence-electron chi connectivity index (χ0n) is 17.3. The number of hydrogen-bond acceptors (Lipinski definition) is 3. The minimum Gasteiger partial charge on any atom is -0.375 e. The predicted octanol–water partition coefficient (Wildman–Crippen LogP) is 3.20. The maximum Gasteiger partial charge on any atom is 0.225 e. The van der Waals surface area contributed by atoms with Gasteiger partial charge in [-0.05, 0) is 43.9 Å². The Hall–Kier alpha value is -1.79. The molecule has 1 unspecified atom stereocenters. The van der Waals surface area contributed by atoms with Gasteiger partial charge in [0.25, 0.3) is 0 Å². The molecule has 6 nitrogen and oxygen atoms in total. The first kappa shape index (κ1) is 21.9. The maximum absolute atomic E-state index is 12.6. The van der Waals surface area contributed by atoms with Crippen LogP contribution in [0.4, 0.5) is 0 Å². The lowest BCUT2D eigenvalue weighted by atomic mass is 10.1. The van der Waals surface area contributed by atoms with Crippen molar-refractivity contribution in [3.63, 3.8) is 0 Å². The van der Waals surface area contributed by atoms with Crippen LogP contribution in [-0.4, -0.2) is 55.6 Å². The van der Waals surface area contributed by atoms with Crippen LogP contribution < -0.4 is 10.6 Å². The lowest BCUT2D eigenvalue weighted by molar-refractivity contribution is -0.134.